The van der Waals surface area contributed by atoms with Crippen LogP contribution in [-0.4, -0.2) is 44.4 Å². The van der Waals surface area contributed by atoms with Crippen LogP contribution in [-0.2, 0) is 4.79 Å². The summed E-state index contributed by atoms with van der Waals surface area (Å²) in [6.45, 7) is 2.39. The van der Waals surface area contributed by atoms with Gasteiger partial charge in [0.2, 0.25) is 11.1 Å². The highest BCUT2D eigenvalue weighted by Gasteiger charge is 2.15. The molecule has 0 bridgehead atoms. The minimum absolute atomic E-state index is 0.0412. The number of thioether (sulfide) groups is 1. The van der Waals surface area contributed by atoms with Gasteiger partial charge in [-0.2, -0.15) is 4.68 Å². The molecule has 0 fully saturated rings. The van der Waals surface area contributed by atoms with Gasteiger partial charge in [0, 0.05) is 5.69 Å². The average molecular weight is 398 g/mol. The molecule has 0 atom stereocenters. The average Bonchev–Trinajstić information content (AvgIpc) is 3.16. The zero-order valence-electron chi connectivity index (χ0n) is 14.9. The van der Waals surface area contributed by atoms with Crippen LogP contribution in [0.1, 0.15) is 17.3 Å². The maximum atomic E-state index is 12.2. The van der Waals surface area contributed by atoms with E-state index < -0.39 is 5.97 Å². The number of benzene rings is 2. The lowest BCUT2D eigenvalue weighted by molar-refractivity contribution is -0.255. The van der Waals surface area contributed by atoms with Crippen LogP contribution < -0.4 is 15.2 Å². The predicted octanol–water partition coefficient (Wildman–Crippen LogP) is 1.16. The fraction of sp³-hybridized carbons (Fsp3) is 0.167. The summed E-state index contributed by atoms with van der Waals surface area (Å²) in [5.41, 5.74) is 1.20. The molecule has 0 saturated heterocycles. The van der Waals surface area contributed by atoms with Crippen LogP contribution >= 0.6 is 11.8 Å². The van der Waals surface area contributed by atoms with Gasteiger partial charge >= 0.3 is 0 Å². The third-order valence-corrected chi connectivity index (χ3v) is 4.49. The minimum Gasteiger partial charge on any atom is -0.545 e. The molecule has 1 heterocycles. The number of carbonyl (C=O) groups is 2. The first-order valence-electron chi connectivity index (χ1n) is 8.33. The molecule has 28 heavy (non-hydrogen) atoms. The van der Waals surface area contributed by atoms with Gasteiger partial charge in [0.1, 0.15) is 11.4 Å². The van der Waals surface area contributed by atoms with Crippen molar-refractivity contribution < 1.29 is 19.4 Å². The second-order valence-corrected chi connectivity index (χ2v) is 6.42. The Labute approximate surface area is 164 Å². The third kappa shape index (κ3) is 4.65. The number of amides is 1. The molecule has 0 aliphatic carbocycles. The maximum Gasteiger partial charge on any atom is 0.234 e. The van der Waals surface area contributed by atoms with Gasteiger partial charge in [-0.3, -0.25) is 4.79 Å². The van der Waals surface area contributed by atoms with Crippen molar-refractivity contribution >= 4 is 29.3 Å². The van der Waals surface area contributed by atoms with Gasteiger partial charge in [-0.15, -0.1) is 5.10 Å². The molecule has 0 unspecified atom stereocenters. The highest BCUT2D eigenvalue weighted by molar-refractivity contribution is 7.99. The Bertz CT molecular complexity index is 974. The van der Waals surface area contributed by atoms with Gasteiger partial charge in [0.25, 0.3) is 0 Å². The Morgan fingerprint density at radius 1 is 1.18 bits per heavy atom. The summed E-state index contributed by atoms with van der Waals surface area (Å²) in [6.07, 6.45) is 0. The molecule has 144 valence electrons. The standard InChI is InChI=1S/C18H17N5O4S/c1-2-27-15-6-4-3-5-14(15)23-18(20-21-22-23)28-11-16(24)19-13-9-7-12(8-10-13)17(25)26/h3-10H,2,11H2,1H3,(H,19,24)(H,25,26)/p-1. The Morgan fingerprint density at radius 2 is 1.93 bits per heavy atom. The zero-order valence-corrected chi connectivity index (χ0v) is 15.7. The summed E-state index contributed by atoms with van der Waals surface area (Å²) in [5.74, 6) is -0.845. The molecule has 0 aliphatic rings. The van der Waals surface area contributed by atoms with Crippen molar-refractivity contribution in [2.24, 2.45) is 0 Å². The Hall–Kier alpha value is -3.40. The summed E-state index contributed by atoms with van der Waals surface area (Å²) >= 11 is 1.17. The van der Waals surface area contributed by atoms with E-state index >= 15 is 0 Å². The number of hydrogen-bond donors (Lipinski definition) is 1. The number of aromatic nitrogens is 4. The number of nitrogens with one attached hydrogen (secondary N) is 1. The van der Waals surface area contributed by atoms with Crippen LogP contribution in [0.5, 0.6) is 5.75 Å². The number of para-hydroxylation sites is 2. The normalized spacial score (nSPS) is 10.5. The number of anilines is 1. The first kappa shape index (κ1) is 19.4. The molecule has 1 aromatic heterocycles. The van der Waals surface area contributed by atoms with Crippen LogP contribution in [0, 0.1) is 0 Å². The van der Waals surface area contributed by atoms with Crippen molar-refractivity contribution in [2.45, 2.75) is 12.1 Å². The van der Waals surface area contributed by atoms with Gasteiger partial charge in [0.15, 0.2) is 0 Å². The summed E-state index contributed by atoms with van der Waals surface area (Å²) in [6, 6.07) is 13.1. The number of hydrogen-bond acceptors (Lipinski definition) is 8. The number of carboxylic acids is 1. The molecule has 0 saturated carbocycles. The molecule has 1 N–H and O–H groups in total. The van der Waals surface area contributed by atoms with E-state index in [9.17, 15) is 14.7 Å². The van der Waals surface area contributed by atoms with E-state index in [-0.39, 0.29) is 17.2 Å². The molecule has 1 amide bonds. The minimum atomic E-state index is -1.27. The van der Waals surface area contributed by atoms with Crippen molar-refractivity contribution in [3.05, 3.63) is 54.1 Å². The molecule has 2 aromatic carbocycles. The number of tetrazole rings is 1. The van der Waals surface area contributed by atoms with E-state index in [0.717, 1.165) is 0 Å². The number of ether oxygens (including phenoxy) is 1. The van der Waals surface area contributed by atoms with Crippen molar-refractivity contribution in [3.8, 4) is 11.4 Å². The highest BCUT2D eigenvalue weighted by atomic mass is 32.2. The monoisotopic (exact) mass is 398 g/mol. The molecular formula is C18H16N5O4S-. The number of nitrogens with zero attached hydrogens (tertiary/aromatic N) is 4. The third-order valence-electron chi connectivity index (χ3n) is 3.57. The van der Waals surface area contributed by atoms with Crippen LogP contribution in [0.4, 0.5) is 5.69 Å². The SMILES string of the molecule is CCOc1ccccc1-n1nnnc1SCC(=O)Nc1ccc(C(=O)[O-])cc1. The van der Waals surface area contributed by atoms with E-state index in [1.54, 1.807) is 0 Å². The van der Waals surface area contributed by atoms with Crippen molar-refractivity contribution in [2.75, 3.05) is 17.7 Å². The Kier molecular flexibility index (Phi) is 6.22. The van der Waals surface area contributed by atoms with E-state index in [0.29, 0.717) is 28.9 Å². The van der Waals surface area contributed by atoms with Crippen molar-refractivity contribution in [3.63, 3.8) is 0 Å². The predicted molar refractivity (Wildman–Crippen MR) is 100 cm³/mol. The van der Waals surface area contributed by atoms with Crippen molar-refractivity contribution in [1.29, 1.82) is 0 Å². The van der Waals surface area contributed by atoms with E-state index in [2.05, 4.69) is 20.8 Å². The lowest BCUT2D eigenvalue weighted by Gasteiger charge is -2.10. The summed E-state index contributed by atoms with van der Waals surface area (Å²) in [5, 5.41) is 25.5. The highest BCUT2D eigenvalue weighted by Crippen LogP contribution is 2.26. The largest absolute Gasteiger partial charge is 0.545 e. The van der Waals surface area contributed by atoms with Crippen LogP contribution in [0.2, 0.25) is 0 Å². The smallest absolute Gasteiger partial charge is 0.234 e. The Balaban J connectivity index is 1.65. The van der Waals surface area contributed by atoms with Crippen LogP contribution in [0.25, 0.3) is 5.69 Å². The molecule has 3 rings (SSSR count). The maximum absolute atomic E-state index is 12.2. The molecule has 3 aromatic rings. The molecule has 9 nitrogen and oxygen atoms in total. The number of carboxylic acid groups (broad SMARTS) is 1. The van der Waals surface area contributed by atoms with Crippen LogP contribution in [0.15, 0.2) is 53.7 Å². The lowest BCUT2D eigenvalue weighted by atomic mass is 10.2. The molecular weight excluding hydrogens is 382 g/mol. The van der Waals surface area contributed by atoms with E-state index in [1.165, 1.54) is 40.7 Å². The fourth-order valence-corrected chi connectivity index (χ4v) is 3.03. The van der Waals surface area contributed by atoms with Gasteiger partial charge < -0.3 is 20.0 Å². The molecule has 0 radical (unpaired) electrons. The summed E-state index contributed by atoms with van der Waals surface area (Å²) < 4.78 is 7.11. The van der Waals surface area contributed by atoms with Gasteiger partial charge in [-0.25, -0.2) is 0 Å². The summed E-state index contributed by atoms with van der Waals surface area (Å²) in [4.78, 5) is 22.9. The van der Waals surface area contributed by atoms with E-state index in [1.807, 2.05) is 31.2 Å². The zero-order chi connectivity index (χ0) is 19.9. The number of aromatic carboxylic acids is 1. The second-order valence-electron chi connectivity index (χ2n) is 5.48. The first-order valence-corrected chi connectivity index (χ1v) is 9.31. The quantitative estimate of drug-likeness (QED) is 0.561. The first-order chi connectivity index (χ1) is 13.6. The van der Waals surface area contributed by atoms with Gasteiger partial charge in [-0.1, -0.05) is 36.0 Å². The molecule has 10 heteroatoms. The topological polar surface area (TPSA) is 122 Å². The van der Waals surface area contributed by atoms with E-state index in [4.69, 9.17) is 4.74 Å². The lowest BCUT2D eigenvalue weighted by Crippen LogP contribution is -2.22. The molecule has 0 spiro atoms. The number of rotatable bonds is 8. The van der Waals surface area contributed by atoms with Crippen LogP contribution in [0.3, 0.4) is 0 Å². The van der Waals surface area contributed by atoms with Gasteiger partial charge in [0.05, 0.1) is 18.3 Å². The Morgan fingerprint density at radius 3 is 2.64 bits per heavy atom. The number of carbonyl (C=O) groups excluding carboxylic acids is 2. The molecule has 0 aliphatic heterocycles. The summed E-state index contributed by atoms with van der Waals surface area (Å²) in [7, 11) is 0. The second kappa shape index (κ2) is 9.00. The van der Waals surface area contributed by atoms with Gasteiger partial charge in [-0.05, 0) is 47.2 Å². The van der Waals surface area contributed by atoms with Crippen molar-refractivity contribution in [1.82, 2.24) is 20.2 Å². The fourth-order valence-electron chi connectivity index (χ4n) is 2.35.